The maximum atomic E-state index is 13.0. The molecule has 0 fully saturated rings. The number of halogens is 4. The number of benzene rings is 2. The molecule has 3 aromatic rings. The Morgan fingerprint density at radius 1 is 1.21 bits per heavy atom. The number of amides is 1. The SMILES string of the molecule is Cn1c(Cl)nc2ccc(NC(=O)c3ccccc3C(F)(F)F)cc21. The van der Waals surface area contributed by atoms with Crippen molar-refractivity contribution >= 4 is 34.2 Å². The summed E-state index contributed by atoms with van der Waals surface area (Å²) in [6.07, 6.45) is -4.60. The highest BCUT2D eigenvalue weighted by atomic mass is 35.5. The van der Waals surface area contributed by atoms with Gasteiger partial charge in [0.05, 0.1) is 22.2 Å². The largest absolute Gasteiger partial charge is 0.417 e. The van der Waals surface area contributed by atoms with E-state index in [1.54, 1.807) is 29.8 Å². The third-order valence-corrected chi connectivity index (χ3v) is 3.90. The first kappa shape index (κ1) is 16.3. The number of nitrogens with zero attached hydrogens (tertiary/aromatic N) is 2. The normalized spacial score (nSPS) is 11.7. The highest BCUT2D eigenvalue weighted by Gasteiger charge is 2.34. The Labute approximate surface area is 139 Å². The molecule has 0 atom stereocenters. The first-order valence-electron chi connectivity index (χ1n) is 6.87. The number of alkyl halides is 3. The van der Waals surface area contributed by atoms with Gasteiger partial charge in [-0.25, -0.2) is 4.98 Å². The van der Waals surface area contributed by atoms with Gasteiger partial charge in [-0.2, -0.15) is 13.2 Å². The van der Waals surface area contributed by atoms with Crippen molar-refractivity contribution in [3.8, 4) is 0 Å². The van der Waals surface area contributed by atoms with E-state index in [1.807, 2.05) is 0 Å². The molecule has 0 aliphatic carbocycles. The monoisotopic (exact) mass is 353 g/mol. The number of carbonyl (C=O) groups is 1. The van der Waals surface area contributed by atoms with Crippen LogP contribution in [0.15, 0.2) is 42.5 Å². The van der Waals surface area contributed by atoms with Crippen LogP contribution in [0.2, 0.25) is 5.28 Å². The zero-order valence-corrected chi connectivity index (χ0v) is 13.1. The van der Waals surface area contributed by atoms with E-state index in [1.165, 1.54) is 12.1 Å². The van der Waals surface area contributed by atoms with Gasteiger partial charge in [0.15, 0.2) is 0 Å². The van der Waals surface area contributed by atoms with Crippen molar-refractivity contribution in [2.45, 2.75) is 6.18 Å². The van der Waals surface area contributed by atoms with E-state index >= 15 is 0 Å². The topological polar surface area (TPSA) is 46.9 Å². The Bertz CT molecular complexity index is 934. The molecule has 3 rings (SSSR count). The number of hydrogen-bond donors (Lipinski definition) is 1. The highest BCUT2D eigenvalue weighted by Crippen LogP contribution is 2.32. The first-order valence-corrected chi connectivity index (χ1v) is 7.25. The summed E-state index contributed by atoms with van der Waals surface area (Å²) in [6, 6.07) is 9.42. The number of nitrogens with one attached hydrogen (secondary N) is 1. The smallest absolute Gasteiger partial charge is 0.322 e. The minimum Gasteiger partial charge on any atom is -0.322 e. The van der Waals surface area contributed by atoms with Crippen molar-refractivity contribution < 1.29 is 18.0 Å². The van der Waals surface area contributed by atoms with Crippen LogP contribution in [0.25, 0.3) is 11.0 Å². The molecule has 0 unspecified atom stereocenters. The van der Waals surface area contributed by atoms with Crippen LogP contribution in [0.4, 0.5) is 18.9 Å². The van der Waals surface area contributed by atoms with Crippen molar-refractivity contribution in [1.29, 1.82) is 0 Å². The van der Waals surface area contributed by atoms with E-state index in [0.29, 0.717) is 16.7 Å². The number of aromatic nitrogens is 2. The zero-order chi connectivity index (χ0) is 17.5. The summed E-state index contributed by atoms with van der Waals surface area (Å²) in [4.78, 5) is 16.4. The number of anilines is 1. The lowest BCUT2D eigenvalue weighted by Crippen LogP contribution is -2.18. The lowest BCUT2D eigenvalue weighted by atomic mass is 10.1. The summed E-state index contributed by atoms with van der Waals surface area (Å²) < 4.78 is 40.6. The summed E-state index contributed by atoms with van der Waals surface area (Å²) >= 11 is 5.92. The summed E-state index contributed by atoms with van der Waals surface area (Å²) in [5.41, 5.74) is 0.211. The van der Waals surface area contributed by atoms with E-state index in [9.17, 15) is 18.0 Å². The molecule has 0 saturated carbocycles. The predicted molar refractivity (Wildman–Crippen MR) is 85.1 cm³/mol. The predicted octanol–water partition coefficient (Wildman–Crippen LogP) is 4.50. The first-order chi connectivity index (χ1) is 11.3. The van der Waals surface area contributed by atoms with Gasteiger partial charge in [-0.3, -0.25) is 4.79 Å². The van der Waals surface area contributed by atoms with Gasteiger partial charge in [-0.05, 0) is 41.9 Å². The van der Waals surface area contributed by atoms with Crippen LogP contribution < -0.4 is 5.32 Å². The molecule has 0 aliphatic rings. The molecule has 124 valence electrons. The Kier molecular flexibility index (Phi) is 3.96. The number of fused-ring (bicyclic) bond motifs is 1. The number of carbonyl (C=O) groups excluding carboxylic acids is 1. The van der Waals surface area contributed by atoms with Crippen LogP contribution in [0.1, 0.15) is 15.9 Å². The van der Waals surface area contributed by atoms with Crippen molar-refractivity contribution in [2.75, 3.05) is 5.32 Å². The van der Waals surface area contributed by atoms with Crippen LogP contribution in [0.5, 0.6) is 0 Å². The molecule has 1 aromatic heterocycles. The summed E-state index contributed by atoms with van der Waals surface area (Å²) in [5.74, 6) is -0.837. The van der Waals surface area contributed by atoms with Gasteiger partial charge >= 0.3 is 6.18 Å². The lowest BCUT2D eigenvalue weighted by molar-refractivity contribution is -0.137. The Morgan fingerprint density at radius 2 is 1.92 bits per heavy atom. The van der Waals surface area contributed by atoms with E-state index < -0.39 is 23.2 Å². The average molecular weight is 354 g/mol. The zero-order valence-electron chi connectivity index (χ0n) is 12.4. The summed E-state index contributed by atoms with van der Waals surface area (Å²) in [7, 11) is 1.70. The molecule has 24 heavy (non-hydrogen) atoms. The third-order valence-electron chi connectivity index (χ3n) is 3.56. The lowest BCUT2D eigenvalue weighted by Gasteiger charge is -2.12. The molecule has 0 spiro atoms. The molecule has 4 nitrogen and oxygen atoms in total. The van der Waals surface area contributed by atoms with Gasteiger partial charge in [0.1, 0.15) is 0 Å². The molecule has 1 heterocycles. The van der Waals surface area contributed by atoms with Gasteiger partial charge in [-0.1, -0.05) is 12.1 Å². The van der Waals surface area contributed by atoms with Crippen LogP contribution in [-0.2, 0) is 13.2 Å². The van der Waals surface area contributed by atoms with Gasteiger partial charge in [0.25, 0.3) is 5.91 Å². The summed E-state index contributed by atoms with van der Waals surface area (Å²) in [6.45, 7) is 0. The fourth-order valence-corrected chi connectivity index (χ4v) is 2.55. The van der Waals surface area contributed by atoms with Crippen molar-refractivity contribution in [2.24, 2.45) is 7.05 Å². The van der Waals surface area contributed by atoms with E-state index in [4.69, 9.17) is 11.6 Å². The Morgan fingerprint density at radius 3 is 2.62 bits per heavy atom. The quantitative estimate of drug-likeness (QED) is 0.737. The molecule has 8 heteroatoms. The number of rotatable bonds is 2. The van der Waals surface area contributed by atoms with E-state index in [0.717, 1.165) is 12.1 Å². The van der Waals surface area contributed by atoms with Crippen LogP contribution in [-0.4, -0.2) is 15.5 Å². The second kappa shape index (κ2) is 5.83. The van der Waals surface area contributed by atoms with E-state index in [2.05, 4.69) is 10.3 Å². The second-order valence-electron chi connectivity index (χ2n) is 5.14. The minimum atomic E-state index is -4.60. The number of aryl methyl sites for hydroxylation is 1. The van der Waals surface area contributed by atoms with Crippen LogP contribution in [0, 0.1) is 0 Å². The molecular weight excluding hydrogens is 343 g/mol. The van der Waals surface area contributed by atoms with Crippen molar-refractivity contribution in [1.82, 2.24) is 9.55 Å². The second-order valence-corrected chi connectivity index (χ2v) is 5.48. The minimum absolute atomic E-state index is 0.274. The summed E-state index contributed by atoms with van der Waals surface area (Å²) in [5, 5.41) is 2.75. The maximum Gasteiger partial charge on any atom is 0.417 e. The third kappa shape index (κ3) is 2.94. The molecule has 1 N–H and O–H groups in total. The molecule has 0 bridgehead atoms. The maximum absolute atomic E-state index is 13.0. The fourth-order valence-electron chi connectivity index (χ4n) is 2.36. The molecule has 0 aliphatic heterocycles. The fraction of sp³-hybridized carbons (Fsp3) is 0.125. The van der Waals surface area contributed by atoms with Crippen LogP contribution >= 0.6 is 11.6 Å². The molecule has 0 saturated heterocycles. The van der Waals surface area contributed by atoms with E-state index in [-0.39, 0.29) is 5.28 Å². The Hall–Kier alpha value is -2.54. The van der Waals surface area contributed by atoms with Crippen molar-refractivity contribution in [3.05, 3.63) is 58.9 Å². The Balaban J connectivity index is 1.95. The van der Waals surface area contributed by atoms with Crippen LogP contribution in [0.3, 0.4) is 0 Å². The molecule has 1 amide bonds. The van der Waals surface area contributed by atoms with Gasteiger partial charge < -0.3 is 9.88 Å². The average Bonchev–Trinajstić information content (AvgIpc) is 2.81. The molecule has 2 aromatic carbocycles. The number of hydrogen-bond acceptors (Lipinski definition) is 2. The standard InChI is InChI=1S/C16H11ClF3N3O/c1-23-13-8-9(6-7-12(13)22-15(23)17)21-14(24)10-4-2-3-5-11(10)16(18,19)20/h2-8H,1H3,(H,21,24). The molecule has 0 radical (unpaired) electrons. The van der Waals surface area contributed by atoms with Crippen molar-refractivity contribution in [3.63, 3.8) is 0 Å². The molecular formula is C16H11ClF3N3O. The highest BCUT2D eigenvalue weighted by molar-refractivity contribution is 6.29. The van der Waals surface area contributed by atoms with Gasteiger partial charge in [0.2, 0.25) is 5.28 Å². The number of imidazole rings is 1. The van der Waals surface area contributed by atoms with Gasteiger partial charge in [0, 0.05) is 12.7 Å². The van der Waals surface area contributed by atoms with Gasteiger partial charge in [-0.15, -0.1) is 0 Å².